The van der Waals surface area contributed by atoms with E-state index in [1.165, 1.54) is 67.3 Å². The Kier molecular flexibility index (Phi) is 7.44. The smallest absolute Gasteiger partial charge is 0.124 e. The standard InChI is InChI=1S/C49H30N2S3/c1-4-10-44-36(7-1)30-48(52-44)32-16-21-38(22-17-32)51(39-23-18-33(19-24-39)49-50-43-9-3-6-12-47(43)54-49)40-25-15-31-13-14-34(27-37(31)28-40)35-20-26-46-42(29-35)41-8-2-5-11-45(41)53-46/h1-30H. The first kappa shape index (κ1) is 31.4. The van der Waals surface area contributed by atoms with Crippen molar-refractivity contribution in [1.29, 1.82) is 0 Å². The van der Waals surface area contributed by atoms with Gasteiger partial charge in [-0.05, 0) is 130 Å². The monoisotopic (exact) mass is 742 g/mol. The molecule has 11 rings (SSSR count). The van der Waals surface area contributed by atoms with E-state index in [9.17, 15) is 0 Å². The fraction of sp³-hybridized carbons (Fsp3) is 0. The number of hydrogen-bond donors (Lipinski definition) is 0. The Bertz CT molecular complexity index is 2980. The molecule has 254 valence electrons. The van der Waals surface area contributed by atoms with E-state index >= 15 is 0 Å². The first-order valence-electron chi connectivity index (χ1n) is 18.0. The molecular formula is C49H30N2S3. The lowest BCUT2D eigenvalue weighted by Gasteiger charge is -2.26. The molecule has 0 bridgehead atoms. The number of hydrogen-bond acceptors (Lipinski definition) is 5. The zero-order valence-corrected chi connectivity index (χ0v) is 31.4. The van der Waals surface area contributed by atoms with Gasteiger partial charge < -0.3 is 4.90 Å². The minimum Gasteiger partial charge on any atom is -0.310 e. The van der Waals surface area contributed by atoms with Gasteiger partial charge in [-0.25, -0.2) is 4.98 Å². The van der Waals surface area contributed by atoms with E-state index in [1.54, 1.807) is 11.3 Å². The van der Waals surface area contributed by atoms with Crippen LogP contribution in [0.4, 0.5) is 17.1 Å². The molecule has 0 amide bonds. The SMILES string of the molecule is c1ccc2sc(-c3ccc(N(c4ccc(-c5nc6ccccc6s5)cc4)c4ccc5ccc(-c6ccc7sc8ccccc8c7c6)cc5c4)cc3)cc2c1. The molecule has 0 aliphatic rings. The molecule has 0 fully saturated rings. The van der Waals surface area contributed by atoms with E-state index in [0.29, 0.717) is 0 Å². The lowest BCUT2D eigenvalue weighted by molar-refractivity contribution is 1.29. The van der Waals surface area contributed by atoms with E-state index in [-0.39, 0.29) is 0 Å². The third kappa shape index (κ3) is 5.48. The largest absolute Gasteiger partial charge is 0.310 e. The Morgan fingerprint density at radius 3 is 1.80 bits per heavy atom. The molecule has 2 nitrogen and oxygen atoms in total. The van der Waals surface area contributed by atoms with Crippen LogP contribution in [0.3, 0.4) is 0 Å². The second-order valence-electron chi connectivity index (χ2n) is 13.6. The summed E-state index contributed by atoms with van der Waals surface area (Å²) in [5.41, 5.74) is 9.16. The zero-order valence-electron chi connectivity index (χ0n) is 28.9. The van der Waals surface area contributed by atoms with Gasteiger partial charge in [0.1, 0.15) is 5.01 Å². The molecule has 8 aromatic carbocycles. The minimum atomic E-state index is 1.04. The normalized spacial score (nSPS) is 11.7. The molecule has 0 saturated heterocycles. The van der Waals surface area contributed by atoms with E-state index in [2.05, 4.69) is 187 Å². The van der Waals surface area contributed by atoms with Crippen LogP contribution in [0.5, 0.6) is 0 Å². The molecule has 54 heavy (non-hydrogen) atoms. The number of fused-ring (bicyclic) bond motifs is 6. The second-order valence-corrected chi connectivity index (χ2v) is 16.8. The first-order valence-corrected chi connectivity index (χ1v) is 20.5. The van der Waals surface area contributed by atoms with Crippen LogP contribution < -0.4 is 4.90 Å². The van der Waals surface area contributed by atoms with Crippen LogP contribution in [0.2, 0.25) is 0 Å². The number of anilines is 3. The molecule has 0 aliphatic heterocycles. The molecule has 0 unspecified atom stereocenters. The lowest BCUT2D eigenvalue weighted by atomic mass is 9.99. The minimum absolute atomic E-state index is 1.04. The molecule has 0 atom stereocenters. The third-order valence-corrected chi connectivity index (χ3v) is 13.7. The van der Waals surface area contributed by atoms with Crippen molar-refractivity contribution in [1.82, 2.24) is 4.98 Å². The summed E-state index contributed by atoms with van der Waals surface area (Å²) in [5, 5.41) is 7.39. The fourth-order valence-electron chi connectivity index (χ4n) is 7.55. The molecule has 0 radical (unpaired) electrons. The molecule has 3 aromatic heterocycles. The molecular weight excluding hydrogens is 713 g/mol. The summed E-state index contributed by atoms with van der Waals surface area (Å²) in [6, 6.07) is 66.4. The highest BCUT2D eigenvalue weighted by Gasteiger charge is 2.16. The van der Waals surface area contributed by atoms with Crippen LogP contribution in [-0.2, 0) is 0 Å². The molecule has 0 spiro atoms. The summed E-state index contributed by atoms with van der Waals surface area (Å²) in [5.74, 6) is 0. The van der Waals surface area contributed by atoms with Gasteiger partial charge in [-0.1, -0.05) is 84.9 Å². The van der Waals surface area contributed by atoms with Gasteiger partial charge in [0.2, 0.25) is 0 Å². The van der Waals surface area contributed by atoms with Crippen LogP contribution in [0.25, 0.3) is 83.4 Å². The highest BCUT2D eigenvalue weighted by Crippen LogP contribution is 2.41. The summed E-state index contributed by atoms with van der Waals surface area (Å²) >= 11 is 5.44. The average molecular weight is 743 g/mol. The van der Waals surface area contributed by atoms with Crippen LogP contribution in [-0.4, -0.2) is 4.98 Å². The lowest BCUT2D eigenvalue weighted by Crippen LogP contribution is -2.09. The Morgan fingerprint density at radius 2 is 0.981 bits per heavy atom. The molecule has 0 N–H and O–H groups in total. The highest BCUT2D eigenvalue weighted by atomic mass is 32.1. The van der Waals surface area contributed by atoms with E-state index < -0.39 is 0 Å². The summed E-state index contributed by atoms with van der Waals surface area (Å²) in [6.07, 6.45) is 0. The van der Waals surface area contributed by atoms with Crippen molar-refractivity contribution < 1.29 is 0 Å². The Hall–Kier alpha value is -6.11. The van der Waals surface area contributed by atoms with Gasteiger partial charge in [0.25, 0.3) is 0 Å². The van der Waals surface area contributed by atoms with Gasteiger partial charge in [-0.2, -0.15) is 0 Å². The predicted octanol–water partition coefficient (Wildman–Crippen LogP) is 15.5. The van der Waals surface area contributed by atoms with Crippen LogP contribution in [0, 0.1) is 0 Å². The maximum absolute atomic E-state index is 4.93. The molecule has 0 saturated carbocycles. The number of thiazole rings is 1. The van der Waals surface area contributed by atoms with Crippen LogP contribution in [0.1, 0.15) is 0 Å². The topological polar surface area (TPSA) is 16.1 Å². The van der Waals surface area contributed by atoms with Gasteiger partial charge in [0.05, 0.1) is 10.2 Å². The summed E-state index contributed by atoms with van der Waals surface area (Å²) < 4.78 is 5.17. The first-order chi connectivity index (χ1) is 26.7. The molecule has 5 heteroatoms. The number of benzene rings is 8. The summed E-state index contributed by atoms with van der Waals surface area (Å²) in [4.78, 5) is 8.58. The van der Waals surface area contributed by atoms with Crippen molar-refractivity contribution in [2.45, 2.75) is 0 Å². The number of nitrogens with zero attached hydrogens (tertiary/aromatic N) is 2. The van der Waals surface area contributed by atoms with Crippen molar-refractivity contribution in [2.24, 2.45) is 0 Å². The van der Waals surface area contributed by atoms with Gasteiger partial charge in [0, 0.05) is 52.4 Å². The number of thiophene rings is 2. The maximum atomic E-state index is 4.93. The summed E-state index contributed by atoms with van der Waals surface area (Å²) in [6.45, 7) is 0. The van der Waals surface area contributed by atoms with Gasteiger partial charge >= 0.3 is 0 Å². The Balaban J connectivity index is 1.00. The van der Waals surface area contributed by atoms with E-state index in [4.69, 9.17) is 4.98 Å². The third-order valence-electron chi connectivity index (χ3n) is 10.3. The predicted molar refractivity (Wildman–Crippen MR) is 236 cm³/mol. The van der Waals surface area contributed by atoms with Gasteiger partial charge in [-0.15, -0.1) is 34.0 Å². The second kappa shape index (κ2) is 12.8. The number of rotatable bonds is 6. The van der Waals surface area contributed by atoms with E-state index in [1.807, 2.05) is 22.7 Å². The Morgan fingerprint density at radius 1 is 0.352 bits per heavy atom. The van der Waals surface area contributed by atoms with Gasteiger partial charge in [-0.3, -0.25) is 0 Å². The van der Waals surface area contributed by atoms with Gasteiger partial charge in [0.15, 0.2) is 0 Å². The van der Waals surface area contributed by atoms with Crippen molar-refractivity contribution in [3.8, 4) is 32.1 Å². The molecule has 11 aromatic rings. The fourth-order valence-corrected chi connectivity index (χ4v) is 10.7. The highest BCUT2D eigenvalue weighted by molar-refractivity contribution is 7.25. The average Bonchev–Trinajstić information content (AvgIpc) is 3.96. The Labute approximate surface area is 324 Å². The van der Waals surface area contributed by atoms with Crippen molar-refractivity contribution >= 4 is 102 Å². The molecule has 3 heterocycles. The molecule has 0 aliphatic carbocycles. The number of para-hydroxylation sites is 1. The van der Waals surface area contributed by atoms with E-state index in [0.717, 1.165) is 33.1 Å². The van der Waals surface area contributed by atoms with Crippen molar-refractivity contribution in [2.75, 3.05) is 4.90 Å². The van der Waals surface area contributed by atoms with Crippen molar-refractivity contribution in [3.05, 3.63) is 182 Å². The van der Waals surface area contributed by atoms with Crippen molar-refractivity contribution in [3.63, 3.8) is 0 Å². The maximum Gasteiger partial charge on any atom is 0.124 e. The number of aromatic nitrogens is 1. The van der Waals surface area contributed by atoms with Crippen LogP contribution in [0.15, 0.2) is 182 Å². The summed E-state index contributed by atoms with van der Waals surface area (Å²) in [7, 11) is 0. The van der Waals surface area contributed by atoms with Crippen LogP contribution >= 0.6 is 34.0 Å². The quantitative estimate of drug-likeness (QED) is 0.169. The zero-order chi connectivity index (χ0) is 35.6.